The molecule has 0 saturated carbocycles. The zero-order valence-corrected chi connectivity index (χ0v) is 17.0. The predicted molar refractivity (Wildman–Crippen MR) is 106 cm³/mol. The fourth-order valence-electron chi connectivity index (χ4n) is 3.63. The normalized spacial score (nSPS) is 14.9. The van der Waals surface area contributed by atoms with Gasteiger partial charge in [0.1, 0.15) is 0 Å². The molecule has 1 aromatic rings. The lowest BCUT2D eigenvalue weighted by Crippen LogP contribution is -2.46. The van der Waals surface area contributed by atoms with Crippen LogP contribution in [0.3, 0.4) is 0 Å². The fourth-order valence-corrected chi connectivity index (χ4v) is 3.63. The fraction of sp³-hybridized carbons (Fsp3) is 0.636. The Morgan fingerprint density at radius 2 is 1.54 bits per heavy atom. The first kappa shape index (κ1) is 20.5. The summed E-state index contributed by atoms with van der Waals surface area (Å²) in [6.45, 7) is 11.4. The summed E-state index contributed by atoms with van der Waals surface area (Å²) in [5.41, 5.74) is 3.89. The Morgan fingerprint density at radius 1 is 0.962 bits per heavy atom. The molecular formula is C22H34N2O2. The zero-order valence-electron chi connectivity index (χ0n) is 17.0. The van der Waals surface area contributed by atoms with Crippen LogP contribution in [0.2, 0.25) is 0 Å². The molecule has 0 saturated heterocycles. The zero-order chi connectivity index (χ0) is 19.3. The smallest absolute Gasteiger partial charge is 0.311 e. The number of carbonyl (C=O) groups is 2. The van der Waals surface area contributed by atoms with Gasteiger partial charge in [0.25, 0.3) is 0 Å². The quantitative estimate of drug-likeness (QED) is 0.785. The number of nitrogens with one attached hydrogen (secondary N) is 1. The Kier molecular flexibility index (Phi) is 7.24. The van der Waals surface area contributed by atoms with Crippen LogP contribution in [0.1, 0.15) is 70.2 Å². The number of amides is 2. The number of hydrogen-bond acceptors (Lipinski definition) is 2. The van der Waals surface area contributed by atoms with Gasteiger partial charge in [0, 0.05) is 13.1 Å². The van der Waals surface area contributed by atoms with E-state index in [-0.39, 0.29) is 6.04 Å². The molecule has 0 fully saturated rings. The van der Waals surface area contributed by atoms with Crippen molar-refractivity contribution in [1.82, 2.24) is 10.2 Å². The van der Waals surface area contributed by atoms with Gasteiger partial charge in [-0.15, -0.1) is 0 Å². The van der Waals surface area contributed by atoms with Crippen molar-refractivity contribution >= 4 is 11.8 Å². The standard InChI is InChI=1S/C22H34N2O2/c1-15(2)13-24(14-16(3)4)22(26)21(25)23-17(5)19-11-10-18-8-6-7-9-20(18)12-19/h10-12,15-17H,6-9,13-14H2,1-5H3,(H,23,25). The molecule has 2 rings (SSSR count). The van der Waals surface area contributed by atoms with Crippen LogP contribution in [-0.4, -0.2) is 29.8 Å². The Hall–Kier alpha value is -1.84. The third-order valence-corrected chi connectivity index (χ3v) is 4.87. The van der Waals surface area contributed by atoms with Crippen LogP contribution in [0.4, 0.5) is 0 Å². The molecular weight excluding hydrogens is 324 g/mol. The van der Waals surface area contributed by atoms with E-state index in [0.29, 0.717) is 24.9 Å². The number of hydrogen-bond donors (Lipinski definition) is 1. The second-order valence-electron chi connectivity index (χ2n) is 8.43. The lowest BCUT2D eigenvalue weighted by Gasteiger charge is -2.26. The third kappa shape index (κ3) is 5.58. The molecule has 0 spiro atoms. The van der Waals surface area contributed by atoms with Gasteiger partial charge in [0.05, 0.1) is 6.04 Å². The van der Waals surface area contributed by atoms with Crippen molar-refractivity contribution in [2.75, 3.05) is 13.1 Å². The lowest BCUT2D eigenvalue weighted by atomic mass is 9.89. The van der Waals surface area contributed by atoms with Crippen molar-refractivity contribution in [2.24, 2.45) is 11.8 Å². The van der Waals surface area contributed by atoms with Crippen molar-refractivity contribution in [1.29, 1.82) is 0 Å². The molecule has 0 aliphatic heterocycles. The molecule has 0 aromatic heterocycles. The molecule has 2 amide bonds. The second kappa shape index (κ2) is 9.20. The van der Waals surface area contributed by atoms with Crippen molar-refractivity contribution in [2.45, 2.75) is 66.3 Å². The number of nitrogens with zero attached hydrogens (tertiary/aromatic N) is 1. The highest BCUT2D eigenvalue weighted by atomic mass is 16.2. The van der Waals surface area contributed by atoms with Crippen molar-refractivity contribution < 1.29 is 9.59 Å². The molecule has 0 heterocycles. The summed E-state index contributed by atoms with van der Waals surface area (Å²) in [7, 11) is 0. The van der Waals surface area contributed by atoms with Crippen LogP contribution in [0.25, 0.3) is 0 Å². The molecule has 1 atom stereocenters. The number of rotatable bonds is 6. The molecule has 0 radical (unpaired) electrons. The number of benzene rings is 1. The second-order valence-corrected chi connectivity index (χ2v) is 8.43. The largest absolute Gasteiger partial charge is 0.341 e. The highest BCUT2D eigenvalue weighted by molar-refractivity contribution is 6.35. The maximum absolute atomic E-state index is 12.6. The van der Waals surface area contributed by atoms with Gasteiger partial charge in [-0.2, -0.15) is 0 Å². The highest BCUT2D eigenvalue weighted by Crippen LogP contribution is 2.24. The average molecular weight is 359 g/mol. The molecule has 1 aromatic carbocycles. The first-order chi connectivity index (χ1) is 12.3. The van der Waals surface area contributed by atoms with Gasteiger partial charge >= 0.3 is 11.8 Å². The summed E-state index contributed by atoms with van der Waals surface area (Å²) in [6.07, 6.45) is 4.75. The molecule has 1 aliphatic carbocycles. The first-order valence-electron chi connectivity index (χ1n) is 9.99. The van der Waals surface area contributed by atoms with E-state index >= 15 is 0 Å². The van der Waals surface area contributed by atoms with Crippen molar-refractivity contribution in [3.05, 3.63) is 34.9 Å². The van der Waals surface area contributed by atoms with Gasteiger partial charge in [-0.3, -0.25) is 9.59 Å². The lowest BCUT2D eigenvalue weighted by molar-refractivity contribution is -0.146. The van der Waals surface area contributed by atoms with Crippen LogP contribution in [0.5, 0.6) is 0 Å². The van der Waals surface area contributed by atoms with E-state index in [4.69, 9.17) is 0 Å². The van der Waals surface area contributed by atoms with Gasteiger partial charge < -0.3 is 10.2 Å². The monoisotopic (exact) mass is 358 g/mol. The van der Waals surface area contributed by atoms with Crippen LogP contribution in [0.15, 0.2) is 18.2 Å². The van der Waals surface area contributed by atoms with E-state index < -0.39 is 11.8 Å². The Labute approximate surface area is 158 Å². The molecule has 1 N–H and O–H groups in total. The average Bonchev–Trinajstić information content (AvgIpc) is 2.59. The Morgan fingerprint density at radius 3 is 2.12 bits per heavy atom. The highest BCUT2D eigenvalue weighted by Gasteiger charge is 2.25. The van der Waals surface area contributed by atoms with Crippen molar-refractivity contribution in [3.63, 3.8) is 0 Å². The van der Waals surface area contributed by atoms with Crippen LogP contribution in [-0.2, 0) is 22.4 Å². The van der Waals surface area contributed by atoms with E-state index in [0.717, 1.165) is 18.4 Å². The molecule has 1 unspecified atom stereocenters. The van der Waals surface area contributed by atoms with E-state index in [1.54, 1.807) is 4.90 Å². The molecule has 4 heteroatoms. The van der Waals surface area contributed by atoms with Crippen LogP contribution < -0.4 is 5.32 Å². The van der Waals surface area contributed by atoms with Gasteiger partial charge in [-0.25, -0.2) is 0 Å². The van der Waals surface area contributed by atoms with E-state index in [1.807, 2.05) is 6.92 Å². The number of aryl methyl sites for hydroxylation is 2. The molecule has 1 aliphatic rings. The van der Waals surface area contributed by atoms with E-state index in [2.05, 4.69) is 51.2 Å². The van der Waals surface area contributed by atoms with Crippen molar-refractivity contribution in [3.8, 4) is 0 Å². The Balaban J connectivity index is 2.03. The third-order valence-electron chi connectivity index (χ3n) is 4.87. The van der Waals surface area contributed by atoms with E-state index in [1.165, 1.54) is 24.0 Å². The van der Waals surface area contributed by atoms with Crippen LogP contribution >= 0.6 is 0 Å². The molecule has 0 bridgehead atoms. The maximum Gasteiger partial charge on any atom is 0.311 e. The van der Waals surface area contributed by atoms with Gasteiger partial charge in [0.15, 0.2) is 0 Å². The van der Waals surface area contributed by atoms with E-state index in [9.17, 15) is 9.59 Å². The SMILES string of the molecule is CC(C)CN(CC(C)C)C(=O)C(=O)NC(C)c1ccc2c(c1)CCCC2. The summed E-state index contributed by atoms with van der Waals surface area (Å²) < 4.78 is 0. The van der Waals surface area contributed by atoms with Gasteiger partial charge in [0.2, 0.25) is 0 Å². The maximum atomic E-state index is 12.6. The molecule has 4 nitrogen and oxygen atoms in total. The number of fused-ring (bicyclic) bond motifs is 1. The molecule has 144 valence electrons. The van der Waals surface area contributed by atoms with Gasteiger partial charge in [-0.1, -0.05) is 45.9 Å². The summed E-state index contributed by atoms with van der Waals surface area (Å²) >= 11 is 0. The summed E-state index contributed by atoms with van der Waals surface area (Å²) in [5.74, 6) is -0.249. The minimum Gasteiger partial charge on any atom is -0.341 e. The topological polar surface area (TPSA) is 49.4 Å². The first-order valence-corrected chi connectivity index (χ1v) is 9.99. The minimum atomic E-state index is -0.503. The van der Waals surface area contributed by atoms with Crippen LogP contribution in [0, 0.1) is 11.8 Å². The predicted octanol–water partition coefficient (Wildman–Crippen LogP) is 3.88. The minimum absolute atomic E-state index is 0.168. The summed E-state index contributed by atoms with van der Waals surface area (Å²) in [6, 6.07) is 6.29. The summed E-state index contributed by atoms with van der Waals surface area (Å²) in [5, 5.41) is 2.90. The van der Waals surface area contributed by atoms with Gasteiger partial charge in [-0.05, 0) is 61.1 Å². The molecule has 26 heavy (non-hydrogen) atoms. The summed E-state index contributed by atoms with van der Waals surface area (Å²) in [4.78, 5) is 26.8. The Bertz CT molecular complexity index is 627. The number of carbonyl (C=O) groups excluding carboxylic acids is 2.